The van der Waals surface area contributed by atoms with E-state index in [0.29, 0.717) is 17.3 Å². The molecule has 0 saturated carbocycles. The van der Waals surface area contributed by atoms with Gasteiger partial charge in [0.25, 0.3) is 5.91 Å². The number of nitrogens with one attached hydrogen (secondary N) is 1. The van der Waals surface area contributed by atoms with E-state index in [2.05, 4.69) is 10.2 Å². The van der Waals surface area contributed by atoms with Gasteiger partial charge in [-0.25, -0.2) is 0 Å². The molecule has 0 bridgehead atoms. The molecule has 0 atom stereocenters. The number of hydrogen-bond donors (Lipinski definition) is 1. The summed E-state index contributed by atoms with van der Waals surface area (Å²) in [7, 11) is 0. The first-order chi connectivity index (χ1) is 8.27. The van der Waals surface area contributed by atoms with Gasteiger partial charge in [0.1, 0.15) is 0 Å². The lowest BCUT2D eigenvalue weighted by atomic mass is 10.2. The lowest BCUT2D eigenvalue weighted by molar-refractivity contribution is 0.0334. The number of halogens is 1. The summed E-state index contributed by atoms with van der Waals surface area (Å²) in [6, 6.07) is 7.04. The fourth-order valence-corrected chi connectivity index (χ4v) is 1.91. The van der Waals surface area contributed by atoms with Crippen LogP contribution in [-0.4, -0.2) is 43.8 Å². The van der Waals surface area contributed by atoms with Crippen LogP contribution < -0.4 is 5.32 Å². The van der Waals surface area contributed by atoms with E-state index in [9.17, 15) is 4.79 Å². The summed E-state index contributed by atoms with van der Waals surface area (Å²) >= 11 is 5.95. The maximum atomic E-state index is 11.9. The normalized spacial score (nSPS) is 16.8. The van der Waals surface area contributed by atoms with Crippen molar-refractivity contribution in [1.29, 1.82) is 0 Å². The molecule has 0 radical (unpaired) electrons. The average Bonchev–Trinajstić information content (AvgIpc) is 2.38. The zero-order chi connectivity index (χ0) is 12.1. The van der Waals surface area contributed by atoms with Gasteiger partial charge in [0.05, 0.1) is 30.5 Å². The first-order valence-electron chi connectivity index (χ1n) is 5.60. The van der Waals surface area contributed by atoms with Crippen LogP contribution in [0.5, 0.6) is 0 Å². The lowest BCUT2D eigenvalue weighted by Crippen LogP contribution is -2.43. The van der Waals surface area contributed by atoms with Crippen LogP contribution in [0.2, 0.25) is 5.02 Å². The highest BCUT2D eigenvalue weighted by molar-refractivity contribution is 6.33. The standard InChI is InChI=1S/C12H15ClN2O2/c13-11-4-2-1-3-10(11)12(16)14-9-15-5-7-17-8-6-15/h1-4H,5-9H2,(H,14,16). The summed E-state index contributed by atoms with van der Waals surface area (Å²) in [5, 5.41) is 3.34. The topological polar surface area (TPSA) is 41.6 Å². The second kappa shape index (κ2) is 6.00. The number of morpholine rings is 1. The van der Waals surface area contributed by atoms with Crippen molar-refractivity contribution in [2.45, 2.75) is 0 Å². The van der Waals surface area contributed by atoms with Crippen LogP contribution in [0.4, 0.5) is 0 Å². The molecule has 1 N–H and O–H groups in total. The molecule has 0 aromatic heterocycles. The third kappa shape index (κ3) is 3.43. The van der Waals surface area contributed by atoms with Crippen molar-refractivity contribution >= 4 is 17.5 Å². The summed E-state index contributed by atoms with van der Waals surface area (Å²) in [4.78, 5) is 14.0. The molecule has 1 aliphatic rings. The molecule has 17 heavy (non-hydrogen) atoms. The Morgan fingerprint density at radius 1 is 1.35 bits per heavy atom. The van der Waals surface area contributed by atoms with Gasteiger partial charge in [-0.1, -0.05) is 23.7 Å². The first-order valence-corrected chi connectivity index (χ1v) is 5.98. The highest BCUT2D eigenvalue weighted by Crippen LogP contribution is 2.14. The first kappa shape index (κ1) is 12.4. The summed E-state index contributed by atoms with van der Waals surface area (Å²) in [6.45, 7) is 3.68. The average molecular weight is 255 g/mol. The molecule has 1 saturated heterocycles. The summed E-state index contributed by atoms with van der Waals surface area (Å²) < 4.78 is 5.23. The van der Waals surface area contributed by atoms with Gasteiger partial charge < -0.3 is 10.1 Å². The van der Waals surface area contributed by atoms with Crippen molar-refractivity contribution < 1.29 is 9.53 Å². The zero-order valence-electron chi connectivity index (χ0n) is 9.49. The number of carbonyl (C=O) groups excluding carboxylic acids is 1. The molecule has 4 nitrogen and oxygen atoms in total. The maximum Gasteiger partial charge on any atom is 0.253 e. The second-order valence-electron chi connectivity index (χ2n) is 3.87. The SMILES string of the molecule is O=C(NCN1CCOCC1)c1ccccc1Cl. The lowest BCUT2D eigenvalue weighted by Gasteiger charge is -2.26. The molecule has 1 aliphatic heterocycles. The minimum Gasteiger partial charge on any atom is -0.379 e. The molecule has 5 heteroatoms. The molecule has 1 fully saturated rings. The highest BCUT2D eigenvalue weighted by Gasteiger charge is 2.13. The Bertz CT molecular complexity index is 392. The third-order valence-electron chi connectivity index (χ3n) is 2.69. The zero-order valence-corrected chi connectivity index (χ0v) is 10.2. The second-order valence-corrected chi connectivity index (χ2v) is 4.28. The molecule has 0 unspecified atom stereocenters. The predicted molar refractivity (Wildman–Crippen MR) is 66.2 cm³/mol. The van der Waals surface area contributed by atoms with Crippen molar-refractivity contribution in [2.24, 2.45) is 0 Å². The smallest absolute Gasteiger partial charge is 0.253 e. The number of amides is 1. The predicted octanol–water partition coefficient (Wildman–Crippen LogP) is 1.36. The van der Waals surface area contributed by atoms with Gasteiger partial charge in [0, 0.05) is 13.1 Å². The molecule has 92 valence electrons. The molecule has 1 amide bonds. The van der Waals surface area contributed by atoms with Crippen LogP contribution in [0, 0.1) is 0 Å². The molecule has 0 aliphatic carbocycles. The minimum atomic E-state index is -0.137. The van der Waals surface area contributed by atoms with Gasteiger partial charge in [-0.2, -0.15) is 0 Å². The number of benzene rings is 1. The van der Waals surface area contributed by atoms with Crippen molar-refractivity contribution in [1.82, 2.24) is 10.2 Å². The maximum absolute atomic E-state index is 11.9. The van der Waals surface area contributed by atoms with Crippen molar-refractivity contribution in [2.75, 3.05) is 33.0 Å². The Hall–Kier alpha value is -1.10. The van der Waals surface area contributed by atoms with Crippen LogP contribution in [0.3, 0.4) is 0 Å². The number of hydrogen-bond acceptors (Lipinski definition) is 3. The van der Waals surface area contributed by atoms with Crippen LogP contribution >= 0.6 is 11.6 Å². The molecule has 1 heterocycles. The number of nitrogens with zero attached hydrogens (tertiary/aromatic N) is 1. The largest absolute Gasteiger partial charge is 0.379 e. The molecular formula is C12H15ClN2O2. The van der Waals surface area contributed by atoms with E-state index in [1.165, 1.54) is 0 Å². The van der Waals surface area contributed by atoms with E-state index in [1.54, 1.807) is 24.3 Å². The van der Waals surface area contributed by atoms with Gasteiger partial charge in [-0.3, -0.25) is 9.69 Å². The molecule has 1 aromatic rings. The monoisotopic (exact) mass is 254 g/mol. The minimum absolute atomic E-state index is 0.137. The number of rotatable bonds is 3. The van der Waals surface area contributed by atoms with Gasteiger partial charge in [-0.05, 0) is 12.1 Å². The molecular weight excluding hydrogens is 240 g/mol. The van der Waals surface area contributed by atoms with E-state index in [1.807, 2.05) is 0 Å². The Labute approximate surface area is 106 Å². The van der Waals surface area contributed by atoms with Crippen LogP contribution in [-0.2, 0) is 4.74 Å². The Morgan fingerprint density at radius 2 is 2.06 bits per heavy atom. The quantitative estimate of drug-likeness (QED) is 0.886. The molecule has 0 spiro atoms. The van der Waals surface area contributed by atoms with Gasteiger partial charge in [0.2, 0.25) is 0 Å². The van der Waals surface area contributed by atoms with Crippen molar-refractivity contribution in [3.63, 3.8) is 0 Å². The van der Waals surface area contributed by atoms with E-state index in [-0.39, 0.29) is 5.91 Å². The third-order valence-corrected chi connectivity index (χ3v) is 3.01. The van der Waals surface area contributed by atoms with Crippen LogP contribution in [0.25, 0.3) is 0 Å². The summed E-state index contributed by atoms with van der Waals surface area (Å²) in [5.74, 6) is -0.137. The van der Waals surface area contributed by atoms with E-state index in [0.717, 1.165) is 26.3 Å². The van der Waals surface area contributed by atoms with Crippen LogP contribution in [0.15, 0.2) is 24.3 Å². The van der Waals surface area contributed by atoms with Crippen molar-refractivity contribution in [3.8, 4) is 0 Å². The van der Waals surface area contributed by atoms with E-state index in [4.69, 9.17) is 16.3 Å². The summed E-state index contributed by atoms with van der Waals surface area (Å²) in [6.07, 6.45) is 0. The van der Waals surface area contributed by atoms with Gasteiger partial charge in [0.15, 0.2) is 0 Å². The van der Waals surface area contributed by atoms with Crippen molar-refractivity contribution in [3.05, 3.63) is 34.9 Å². The van der Waals surface area contributed by atoms with Gasteiger partial charge >= 0.3 is 0 Å². The van der Waals surface area contributed by atoms with Crippen LogP contribution in [0.1, 0.15) is 10.4 Å². The van der Waals surface area contributed by atoms with Gasteiger partial charge in [-0.15, -0.1) is 0 Å². The number of carbonyl (C=O) groups is 1. The fourth-order valence-electron chi connectivity index (χ4n) is 1.68. The Balaban J connectivity index is 1.87. The van der Waals surface area contributed by atoms with E-state index < -0.39 is 0 Å². The Morgan fingerprint density at radius 3 is 2.76 bits per heavy atom. The fraction of sp³-hybridized carbons (Fsp3) is 0.417. The van der Waals surface area contributed by atoms with E-state index >= 15 is 0 Å². The molecule has 1 aromatic carbocycles. The Kier molecular flexibility index (Phi) is 4.36. The number of ether oxygens (including phenoxy) is 1. The molecule has 2 rings (SSSR count). The summed E-state index contributed by atoms with van der Waals surface area (Å²) in [5.41, 5.74) is 0.516. The highest BCUT2D eigenvalue weighted by atomic mass is 35.5.